The molecule has 0 aromatic rings. The van der Waals surface area contributed by atoms with Crippen molar-refractivity contribution in [3.63, 3.8) is 0 Å². The first-order valence-electron chi connectivity index (χ1n) is 6.87. The third-order valence-electron chi connectivity index (χ3n) is 4.53. The summed E-state index contributed by atoms with van der Waals surface area (Å²) < 4.78 is 11.2. The lowest BCUT2D eigenvalue weighted by Crippen LogP contribution is -2.62. The van der Waals surface area contributed by atoms with Gasteiger partial charge in [0.2, 0.25) is 0 Å². The maximum atomic E-state index is 6.14. The summed E-state index contributed by atoms with van der Waals surface area (Å²) in [5, 5.41) is 0. The fourth-order valence-corrected chi connectivity index (χ4v) is 3.39. The van der Waals surface area contributed by atoms with Gasteiger partial charge < -0.3 is 15.2 Å². The molecule has 0 amide bonds. The van der Waals surface area contributed by atoms with Crippen LogP contribution in [0, 0.1) is 5.92 Å². The zero-order chi connectivity index (χ0) is 12.3. The highest BCUT2D eigenvalue weighted by atomic mass is 16.5. The molecule has 17 heavy (non-hydrogen) atoms. The van der Waals surface area contributed by atoms with Crippen LogP contribution in [0.5, 0.6) is 0 Å². The van der Waals surface area contributed by atoms with Crippen LogP contribution >= 0.6 is 0 Å². The van der Waals surface area contributed by atoms with Gasteiger partial charge in [-0.05, 0) is 19.8 Å². The summed E-state index contributed by atoms with van der Waals surface area (Å²) in [5.74, 6) is 0.586. The summed E-state index contributed by atoms with van der Waals surface area (Å²) in [5.41, 5.74) is 6.26. The average Bonchev–Trinajstić information content (AvgIpc) is 2.86. The number of nitrogens with two attached hydrogens (primary N) is 1. The van der Waals surface area contributed by atoms with E-state index in [2.05, 4.69) is 18.7 Å². The zero-order valence-corrected chi connectivity index (χ0v) is 11.2. The van der Waals surface area contributed by atoms with Gasteiger partial charge in [0.25, 0.3) is 0 Å². The quantitative estimate of drug-likeness (QED) is 0.794. The van der Waals surface area contributed by atoms with E-state index in [4.69, 9.17) is 15.2 Å². The highest BCUT2D eigenvalue weighted by Crippen LogP contribution is 2.34. The molecule has 2 saturated heterocycles. The molecule has 0 saturated carbocycles. The molecule has 0 aromatic heterocycles. The summed E-state index contributed by atoms with van der Waals surface area (Å²) in [4.78, 5) is 2.56. The molecular weight excluding hydrogens is 216 g/mol. The van der Waals surface area contributed by atoms with E-state index < -0.39 is 0 Å². The third-order valence-corrected chi connectivity index (χ3v) is 4.53. The predicted molar refractivity (Wildman–Crippen MR) is 68.0 cm³/mol. The smallest absolute Gasteiger partial charge is 0.0674 e. The molecule has 3 unspecified atom stereocenters. The molecule has 4 nitrogen and oxygen atoms in total. The molecule has 0 radical (unpaired) electrons. The molecule has 0 aromatic carbocycles. The second kappa shape index (κ2) is 5.65. The van der Waals surface area contributed by atoms with Crippen molar-refractivity contribution in [3.05, 3.63) is 0 Å². The normalized spacial score (nSPS) is 34.8. The van der Waals surface area contributed by atoms with Gasteiger partial charge in [0, 0.05) is 37.7 Å². The molecule has 2 rings (SSSR count). The first kappa shape index (κ1) is 13.3. The number of hydrogen-bond acceptors (Lipinski definition) is 4. The first-order valence-corrected chi connectivity index (χ1v) is 6.87. The standard InChI is InChI=1S/C13H26N2O2/c1-3-13(10-14,12-4-6-16-9-12)15-5-7-17-11(2)8-15/h11-12H,3-10,14H2,1-2H3. The molecule has 3 atom stereocenters. The molecule has 4 heteroatoms. The van der Waals surface area contributed by atoms with Gasteiger partial charge in [0.05, 0.1) is 19.3 Å². The number of morpholine rings is 1. The highest BCUT2D eigenvalue weighted by molar-refractivity contribution is 4.99. The number of nitrogens with zero attached hydrogens (tertiary/aromatic N) is 1. The van der Waals surface area contributed by atoms with Gasteiger partial charge in [-0.3, -0.25) is 4.90 Å². The lowest BCUT2D eigenvalue weighted by atomic mass is 9.79. The van der Waals surface area contributed by atoms with Crippen molar-refractivity contribution >= 4 is 0 Å². The molecule has 0 aliphatic carbocycles. The van der Waals surface area contributed by atoms with Crippen molar-refractivity contribution in [2.24, 2.45) is 11.7 Å². The lowest BCUT2D eigenvalue weighted by Gasteiger charge is -2.49. The van der Waals surface area contributed by atoms with Crippen LogP contribution in [0.4, 0.5) is 0 Å². The minimum Gasteiger partial charge on any atom is -0.381 e. The van der Waals surface area contributed by atoms with Gasteiger partial charge in [-0.15, -0.1) is 0 Å². The van der Waals surface area contributed by atoms with Gasteiger partial charge in [0.15, 0.2) is 0 Å². The molecule has 0 spiro atoms. The van der Waals surface area contributed by atoms with E-state index in [0.29, 0.717) is 12.0 Å². The number of rotatable bonds is 4. The molecule has 2 heterocycles. The van der Waals surface area contributed by atoms with Crippen LogP contribution in [0.2, 0.25) is 0 Å². The van der Waals surface area contributed by atoms with Crippen molar-refractivity contribution in [1.29, 1.82) is 0 Å². The maximum Gasteiger partial charge on any atom is 0.0674 e. The van der Waals surface area contributed by atoms with E-state index in [1.807, 2.05) is 0 Å². The van der Waals surface area contributed by atoms with Crippen molar-refractivity contribution < 1.29 is 9.47 Å². The van der Waals surface area contributed by atoms with E-state index in [1.54, 1.807) is 0 Å². The summed E-state index contributed by atoms with van der Waals surface area (Å²) in [6, 6.07) is 0. The Morgan fingerprint density at radius 2 is 2.24 bits per heavy atom. The summed E-state index contributed by atoms with van der Waals surface area (Å²) in [7, 11) is 0. The molecule has 0 bridgehead atoms. The Kier molecular flexibility index (Phi) is 4.42. The first-order chi connectivity index (χ1) is 8.23. The van der Waals surface area contributed by atoms with Crippen LogP contribution in [0.1, 0.15) is 26.7 Å². The second-order valence-electron chi connectivity index (χ2n) is 5.35. The average molecular weight is 242 g/mol. The van der Waals surface area contributed by atoms with Gasteiger partial charge in [-0.1, -0.05) is 6.92 Å². The second-order valence-corrected chi connectivity index (χ2v) is 5.35. The Hall–Kier alpha value is -0.160. The zero-order valence-electron chi connectivity index (χ0n) is 11.2. The molecule has 2 N–H and O–H groups in total. The minimum atomic E-state index is 0.120. The summed E-state index contributed by atoms with van der Waals surface area (Å²) in [6.45, 7) is 9.73. The summed E-state index contributed by atoms with van der Waals surface area (Å²) in [6.07, 6.45) is 2.57. The Labute approximate surface area is 104 Å². The van der Waals surface area contributed by atoms with Crippen LogP contribution < -0.4 is 5.73 Å². The maximum absolute atomic E-state index is 6.14. The van der Waals surface area contributed by atoms with Crippen molar-refractivity contribution in [1.82, 2.24) is 4.90 Å². The van der Waals surface area contributed by atoms with Crippen molar-refractivity contribution in [2.75, 3.05) is 39.5 Å². The summed E-state index contributed by atoms with van der Waals surface area (Å²) >= 11 is 0. The van der Waals surface area contributed by atoms with Crippen LogP contribution in [-0.4, -0.2) is 56.0 Å². The molecule has 2 aliphatic heterocycles. The van der Waals surface area contributed by atoms with Gasteiger partial charge in [-0.25, -0.2) is 0 Å². The Morgan fingerprint density at radius 1 is 1.41 bits per heavy atom. The lowest BCUT2D eigenvalue weighted by molar-refractivity contribution is -0.0797. The van der Waals surface area contributed by atoms with Gasteiger partial charge in [-0.2, -0.15) is 0 Å². The fourth-order valence-electron chi connectivity index (χ4n) is 3.39. The predicted octanol–water partition coefficient (Wildman–Crippen LogP) is 0.851. The van der Waals surface area contributed by atoms with E-state index in [9.17, 15) is 0 Å². The van der Waals surface area contributed by atoms with Crippen LogP contribution in [0.15, 0.2) is 0 Å². The molecular formula is C13H26N2O2. The highest BCUT2D eigenvalue weighted by Gasteiger charge is 2.44. The van der Waals surface area contributed by atoms with E-state index in [0.717, 1.165) is 52.3 Å². The fraction of sp³-hybridized carbons (Fsp3) is 1.00. The van der Waals surface area contributed by atoms with Gasteiger partial charge >= 0.3 is 0 Å². The van der Waals surface area contributed by atoms with Crippen molar-refractivity contribution in [3.8, 4) is 0 Å². The van der Waals surface area contributed by atoms with E-state index in [-0.39, 0.29) is 5.54 Å². The third kappa shape index (κ3) is 2.50. The Balaban J connectivity index is 2.13. The largest absolute Gasteiger partial charge is 0.381 e. The number of hydrogen-bond donors (Lipinski definition) is 1. The topological polar surface area (TPSA) is 47.7 Å². The molecule has 2 aliphatic rings. The monoisotopic (exact) mass is 242 g/mol. The minimum absolute atomic E-state index is 0.120. The van der Waals surface area contributed by atoms with Crippen LogP contribution in [0.25, 0.3) is 0 Å². The van der Waals surface area contributed by atoms with E-state index in [1.165, 1.54) is 0 Å². The van der Waals surface area contributed by atoms with Crippen molar-refractivity contribution in [2.45, 2.75) is 38.3 Å². The van der Waals surface area contributed by atoms with Crippen LogP contribution in [0.3, 0.4) is 0 Å². The molecule has 2 fully saturated rings. The Morgan fingerprint density at radius 3 is 2.76 bits per heavy atom. The molecule has 100 valence electrons. The van der Waals surface area contributed by atoms with E-state index >= 15 is 0 Å². The number of ether oxygens (including phenoxy) is 2. The Bertz CT molecular complexity index is 238. The van der Waals surface area contributed by atoms with Crippen LogP contribution in [-0.2, 0) is 9.47 Å². The SMILES string of the molecule is CCC(CN)(C1CCOC1)N1CCOC(C)C1. The van der Waals surface area contributed by atoms with Gasteiger partial charge in [0.1, 0.15) is 0 Å².